The molecule has 2 aromatic carbocycles. The fraction of sp³-hybridized carbons (Fsp3) is 0.118. The van der Waals surface area contributed by atoms with Gasteiger partial charge in [-0.2, -0.15) is 5.26 Å². The summed E-state index contributed by atoms with van der Waals surface area (Å²) in [5.74, 6) is -1.78. The first-order valence-electron chi connectivity index (χ1n) is 6.85. The van der Waals surface area contributed by atoms with Crippen LogP contribution in [-0.4, -0.2) is 28.4 Å². The predicted molar refractivity (Wildman–Crippen MR) is 77.9 cm³/mol. The van der Waals surface area contributed by atoms with Crippen LogP contribution in [0, 0.1) is 17.1 Å². The van der Waals surface area contributed by atoms with Gasteiger partial charge in [-0.05, 0) is 35.9 Å². The van der Waals surface area contributed by atoms with Gasteiger partial charge in [-0.15, -0.1) is 0 Å². The van der Waals surface area contributed by atoms with E-state index in [0.717, 1.165) is 17.0 Å². The maximum atomic E-state index is 13.2. The number of fused-ring (bicyclic) bond motifs is 1. The number of hydrogen-bond donors (Lipinski definition) is 1. The van der Waals surface area contributed by atoms with Crippen molar-refractivity contribution in [3.8, 4) is 6.07 Å². The van der Waals surface area contributed by atoms with Gasteiger partial charge < -0.3 is 5.11 Å². The maximum absolute atomic E-state index is 13.2. The van der Waals surface area contributed by atoms with Crippen molar-refractivity contribution in [1.82, 2.24) is 4.90 Å². The number of nitriles is 1. The van der Waals surface area contributed by atoms with Gasteiger partial charge in [-0.1, -0.05) is 12.1 Å². The van der Waals surface area contributed by atoms with Crippen LogP contribution < -0.4 is 0 Å². The van der Waals surface area contributed by atoms with Crippen LogP contribution in [0.3, 0.4) is 0 Å². The van der Waals surface area contributed by atoms with E-state index in [0.29, 0.717) is 11.1 Å². The minimum atomic E-state index is -1.09. The third-order valence-electron chi connectivity index (χ3n) is 3.71. The van der Waals surface area contributed by atoms with Gasteiger partial charge in [0, 0.05) is 0 Å². The van der Waals surface area contributed by atoms with Crippen LogP contribution in [0.25, 0.3) is 0 Å². The number of β-amino-alcohol motifs (C(OH)–C–C–N with tert-alkyl or cyclic N) is 1. The van der Waals surface area contributed by atoms with E-state index in [-0.39, 0.29) is 17.7 Å². The van der Waals surface area contributed by atoms with E-state index in [1.54, 1.807) is 12.1 Å². The van der Waals surface area contributed by atoms with E-state index in [4.69, 9.17) is 5.26 Å². The summed E-state index contributed by atoms with van der Waals surface area (Å²) in [5, 5.41) is 19.0. The third-order valence-corrected chi connectivity index (χ3v) is 3.71. The summed E-state index contributed by atoms with van der Waals surface area (Å²) < 4.78 is 13.2. The summed E-state index contributed by atoms with van der Waals surface area (Å²) in [7, 11) is 0. The fourth-order valence-electron chi connectivity index (χ4n) is 2.49. The number of carbonyl (C=O) groups excluding carboxylic acids is 2. The highest BCUT2D eigenvalue weighted by atomic mass is 19.1. The van der Waals surface area contributed by atoms with Crippen molar-refractivity contribution < 1.29 is 19.1 Å². The molecule has 3 rings (SSSR count). The number of benzene rings is 2. The number of hydrogen-bond acceptors (Lipinski definition) is 4. The van der Waals surface area contributed by atoms with Gasteiger partial charge in [-0.25, -0.2) is 4.39 Å². The zero-order chi connectivity index (χ0) is 16.6. The molecular formula is C17H11FN2O3. The number of imide groups is 1. The van der Waals surface area contributed by atoms with E-state index >= 15 is 0 Å². The Morgan fingerprint density at radius 1 is 1.09 bits per heavy atom. The Kier molecular flexibility index (Phi) is 3.64. The summed E-state index contributed by atoms with van der Waals surface area (Å²) in [6.45, 7) is -0.236. The Morgan fingerprint density at radius 3 is 2.39 bits per heavy atom. The first-order chi connectivity index (χ1) is 11.0. The largest absolute Gasteiger partial charge is 0.387 e. The Bertz CT molecular complexity index is 840. The molecule has 0 aromatic heterocycles. The second-order valence-corrected chi connectivity index (χ2v) is 5.16. The predicted octanol–water partition coefficient (Wildman–Crippen LogP) is 2.03. The molecule has 0 spiro atoms. The molecule has 1 atom stereocenters. The number of carbonyl (C=O) groups is 2. The summed E-state index contributed by atoms with van der Waals surface area (Å²) in [6.07, 6.45) is -1.09. The number of aliphatic hydroxyl groups excluding tert-OH is 1. The average Bonchev–Trinajstić information content (AvgIpc) is 2.79. The van der Waals surface area contributed by atoms with Crippen LogP contribution in [0.1, 0.15) is 37.9 Å². The molecule has 0 radical (unpaired) electrons. The van der Waals surface area contributed by atoms with Gasteiger partial charge in [0.15, 0.2) is 0 Å². The SMILES string of the molecule is N#Cc1ccc(C(O)CN2C(=O)c3ccc(F)cc3C2=O)cc1. The molecule has 6 heteroatoms. The lowest BCUT2D eigenvalue weighted by molar-refractivity contribution is 0.0543. The van der Waals surface area contributed by atoms with Crippen LogP contribution in [-0.2, 0) is 0 Å². The zero-order valence-corrected chi connectivity index (χ0v) is 11.9. The highest BCUT2D eigenvalue weighted by Crippen LogP contribution is 2.26. The molecule has 2 aromatic rings. The number of amides is 2. The summed E-state index contributed by atoms with van der Waals surface area (Å²) in [4.78, 5) is 25.3. The molecular weight excluding hydrogens is 299 g/mol. The molecule has 0 bridgehead atoms. The van der Waals surface area contributed by atoms with Gasteiger partial charge in [0.05, 0.1) is 35.4 Å². The van der Waals surface area contributed by atoms with Crippen molar-refractivity contribution in [3.05, 3.63) is 70.5 Å². The Labute approximate surface area is 131 Å². The van der Waals surface area contributed by atoms with Crippen LogP contribution in [0.2, 0.25) is 0 Å². The van der Waals surface area contributed by atoms with E-state index in [9.17, 15) is 19.1 Å². The summed E-state index contributed by atoms with van der Waals surface area (Å²) in [6, 6.07) is 11.5. The molecule has 0 fully saturated rings. The van der Waals surface area contributed by atoms with E-state index in [2.05, 4.69) is 0 Å². The first-order valence-corrected chi connectivity index (χ1v) is 6.85. The van der Waals surface area contributed by atoms with E-state index in [1.165, 1.54) is 18.2 Å². The van der Waals surface area contributed by atoms with Crippen LogP contribution in [0.15, 0.2) is 42.5 Å². The minimum Gasteiger partial charge on any atom is -0.387 e. The molecule has 1 heterocycles. The molecule has 1 N–H and O–H groups in total. The van der Waals surface area contributed by atoms with Crippen molar-refractivity contribution in [2.45, 2.75) is 6.10 Å². The van der Waals surface area contributed by atoms with Gasteiger partial charge in [-0.3, -0.25) is 14.5 Å². The molecule has 114 valence electrons. The monoisotopic (exact) mass is 310 g/mol. The smallest absolute Gasteiger partial charge is 0.261 e. The van der Waals surface area contributed by atoms with Crippen molar-refractivity contribution in [1.29, 1.82) is 5.26 Å². The highest BCUT2D eigenvalue weighted by Gasteiger charge is 2.36. The molecule has 1 aliphatic heterocycles. The lowest BCUT2D eigenvalue weighted by Crippen LogP contribution is -2.33. The Balaban J connectivity index is 1.82. The van der Waals surface area contributed by atoms with Crippen molar-refractivity contribution in [3.63, 3.8) is 0 Å². The first kappa shape index (κ1) is 14.9. The molecule has 0 aliphatic carbocycles. The van der Waals surface area contributed by atoms with Crippen molar-refractivity contribution >= 4 is 11.8 Å². The van der Waals surface area contributed by atoms with Crippen molar-refractivity contribution in [2.24, 2.45) is 0 Å². The van der Waals surface area contributed by atoms with Crippen LogP contribution in [0.5, 0.6) is 0 Å². The van der Waals surface area contributed by atoms with E-state index < -0.39 is 23.7 Å². The van der Waals surface area contributed by atoms with Crippen molar-refractivity contribution in [2.75, 3.05) is 6.54 Å². The molecule has 1 aliphatic rings. The minimum absolute atomic E-state index is 0.00188. The molecule has 0 saturated heterocycles. The molecule has 1 unspecified atom stereocenters. The van der Waals surface area contributed by atoms with Gasteiger partial charge >= 0.3 is 0 Å². The number of halogens is 1. The summed E-state index contributed by atoms with van der Waals surface area (Å²) in [5.41, 5.74) is 1.05. The Morgan fingerprint density at radius 2 is 1.74 bits per heavy atom. The lowest BCUT2D eigenvalue weighted by atomic mass is 10.1. The van der Waals surface area contributed by atoms with Gasteiger partial charge in [0.25, 0.3) is 11.8 Å². The summed E-state index contributed by atoms with van der Waals surface area (Å²) >= 11 is 0. The van der Waals surface area contributed by atoms with E-state index in [1.807, 2.05) is 6.07 Å². The standard InChI is InChI=1S/C17H11FN2O3/c18-12-5-6-13-14(7-12)17(23)20(16(13)22)9-15(21)11-3-1-10(8-19)2-4-11/h1-7,15,21H,9H2. The molecule has 23 heavy (non-hydrogen) atoms. The normalized spacial score (nSPS) is 14.6. The highest BCUT2D eigenvalue weighted by molar-refractivity contribution is 6.21. The molecule has 0 saturated carbocycles. The lowest BCUT2D eigenvalue weighted by Gasteiger charge is -2.18. The molecule has 5 nitrogen and oxygen atoms in total. The number of aliphatic hydroxyl groups is 1. The van der Waals surface area contributed by atoms with Crippen LogP contribution in [0.4, 0.5) is 4.39 Å². The van der Waals surface area contributed by atoms with Crippen LogP contribution >= 0.6 is 0 Å². The zero-order valence-electron chi connectivity index (χ0n) is 11.9. The number of nitrogens with zero attached hydrogens (tertiary/aromatic N) is 2. The average molecular weight is 310 g/mol. The topological polar surface area (TPSA) is 81.4 Å². The number of rotatable bonds is 3. The molecule has 2 amide bonds. The maximum Gasteiger partial charge on any atom is 0.261 e. The van der Waals surface area contributed by atoms with Gasteiger partial charge in [0.1, 0.15) is 5.82 Å². The second-order valence-electron chi connectivity index (χ2n) is 5.16. The second kappa shape index (κ2) is 5.63. The fourth-order valence-corrected chi connectivity index (χ4v) is 2.49. The quantitative estimate of drug-likeness (QED) is 0.879. The van der Waals surface area contributed by atoms with Gasteiger partial charge in [0.2, 0.25) is 0 Å². The Hall–Kier alpha value is -3.04. The third kappa shape index (κ3) is 2.58.